The van der Waals surface area contributed by atoms with Gasteiger partial charge in [-0.15, -0.1) is 0 Å². The fourth-order valence-corrected chi connectivity index (χ4v) is 4.92. The van der Waals surface area contributed by atoms with Gasteiger partial charge in [-0.3, -0.25) is 14.8 Å². The molecule has 0 radical (unpaired) electrons. The molecule has 0 bridgehead atoms. The van der Waals surface area contributed by atoms with Crippen LogP contribution in [0.15, 0.2) is 40.3 Å². The average molecular weight is 463 g/mol. The number of ether oxygens (including phenoxy) is 2. The van der Waals surface area contributed by atoms with Crippen LogP contribution in [0, 0.1) is 13.8 Å². The number of carbonyl (C=O) groups excluding carboxylic acids is 1. The van der Waals surface area contributed by atoms with E-state index < -0.39 is 5.60 Å². The summed E-state index contributed by atoms with van der Waals surface area (Å²) in [5, 5.41) is 0. The Bertz CT molecular complexity index is 1130. The van der Waals surface area contributed by atoms with Crippen molar-refractivity contribution in [2.45, 2.75) is 32.3 Å². The van der Waals surface area contributed by atoms with E-state index in [4.69, 9.17) is 9.47 Å². The van der Waals surface area contributed by atoms with Gasteiger partial charge in [0.05, 0.1) is 31.7 Å². The number of nitrogens with zero attached hydrogens (tertiary/aromatic N) is 6. The number of carbonyl (C=O) groups is 1. The number of amides is 1. The zero-order valence-corrected chi connectivity index (χ0v) is 20.0. The Morgan fingerprint density at radius 1 is 1.06 bits per heavy atom. The normalized spacial score (nSPS) is 19.9. The van der Waals surface area contributed by atoms with Crippen LogP contribution in [0.3, 0.4) is 0 Å². The first kappa shape index (κ1) is 22.5. The van der Waals surface area contributed by atoms with Crippen molar-refractivity contribution in [1.29, 1.82) is 0 Å². The maximum Gasteiger partial charge on any atom is 0.255 e. The van der Waals surface area contributed by atoms with Crippen molar-refractivity contribution in [2.24, 2.45) is 9.98 Å². The van der Waals surface area contributed by atoms with E-state index >= 15 is 0 Å². The van der Waals surface area contributed by atoms with Crippen LogP contribution < -0.4 is 9.64 Å². The van der Waals surface area contributed by atoms with Crippen LogP contribution in [0.2, 0.25) is 0 Å². The zero-order chi connectivity index (χ0) is 23.7. The van der Waals surface area contributed by atoms with Crippen molar-refractivity contribution in [3.63, 3.8) is 0 Å². The molecule has 1 aromatic heterocycles. The molecule has 0 saturated carbocycles. The number of aryl methyl sites for hydroxylation is 2. The smallest absolute Gasteiger partial charge is 0.255 e. The Morgan fingerprint density at radius 2 is 1.82 bits per heavy atom. The SMILES string of the molecule is COc1cccc(C2=NCN=C2CN2CCOC3(CCN(c4nc(C)cc(C)n4)CC3)C2=O)c1. The summed E-state index contributed by atoms with van der Waals surface area (Å²) in [5.74, 6) is 1.54. The van der Waals surface area contributed by atoms with Crippen molar-refractivity contribution in [3.05, 3.63) is 47.3 Å². The lowest BCUT2D eigenvalue weighted by atomic mass is 9.88. The Balaban J connectivity index is 1.27. The van der Waals surface area contributed by atoms with Crippen molar-refractivity contribution in [3.8, 4) is 5.75 Å². The molecule has 4 heterocycles. The summed E-state index contributed by atoms with van der Waals surface area (Å²) >= 11 is 0. The highest BCUT2D eigenvalue weighted by Gasteiger charge is 2.48. The first-order valence-corrected chi connectivity index (χ1v) is 11.7. The zero-order valence-electron chi connectivity index (χ0n) is 20.0. The molecule has 2 saturated heterocycles. The minimum absolute atomic E-state index is 0.0410. The summed E-state index contributed by atoms with van der Waals surface area (Å²) in [6, 6.07) is 9.76. The van der Waals surface area contributed by atoms with Crippen LogP contribution in [0.4, 0.5) is 5.95 Å². The molecule has 5 rings (SSSR count). The highest BCUT2D eigenvalue weighted by atomic mass is 16.5. The van der Waals surface area contributed by atoms with Crippen LogP contribution in [0.25, 0.3) is 0 Å². The first-order valence-electron chi connectivity index (χ1n) is 11.7. The highest BCUT2D eigenvalue weighted by molar-refractivity contribution is 6.50. The number of hydrogen-bond donors (Lipinski definition) is 0. The van der Waals surface area contributed by atoms with E-state index in [2.05, 4.69) is 24.9 Å². The van der Waals surface area contributed by atoms with Crippen LogP contribution in [-0.2, 0) is 9.53 Å². The van der Waals surface area contributed by atoms with E-state index in [1.165, 1.54) is 0 Å². The highest BCUT2D eigenvalue weighted by Crippen LogP contribution is 2.33. The molecule has 0 unspecified atom stereocenters. The lowest BCUT2D eigenvalue weighted by Crippen LogP contribution is -2.61. The number of rotatable bonds is 5. The quantitative estimate of drug-likeness (QED) is 0.677. The second-order valence-corrected chi connectivity index (χ2v) is 8.99. The van der Waals surface area contributed by atoms with E-state index in [1.807, 2.05) is 49.1 Å². The summed E-state index contributed by atoms with van der Waals surface area (Å²) in [5.41, 5.74) is 3.72. The molecule has 0 atom stereocenters. The summed E-state index contributed by atoms with van der Waals surface area (Å²) < 4.78 is 11.5. The average Bonchev–Trinajstić information content (AvgIpc) is 3.30. The monoisotopic (exact) mass is 462 g/mol. The van der Waals surface area contributed by atoms with Gasteiger partial charge in [0.1, 0.15) is 18.0 Å². The number of aromatic nitrogens is 2. The maximum atomic E-state index is 13.6. The standard InChI is InChI=1S/C25H30N6O3/c1-17-13-18(2)29-24(28-17)30-9-7-25(8-10-30)23(32)31(11-12-34-25)15-21-22(27-16-26-21)19-5-4-6-20(14-19)33-3/h4-6,13-14H,7-12,15-16H2,1-3H3. The molecule has 34 heavy (non-hydrogen) atoms. The third kappa shape index (κ3) is 4.27. The lowest BCUT2D eigenvalue weighted by molar-refractivity contribution is -0.174. The molecule has 2 aromatic rings. The molecule has 0 N–H and O–H groups in total. The van der Waals surface area contributed by atoms with Gasteiger partial charge in [-0.05, 0) is 32.0 Å². The van der Waals surface area contributed by atoms with Crippen molar-refractivity contribution >= 4 is 23.3 Å². The number of morpholine rings is 1. The van der Waals surface area contributed by atoms with Gasteiger partial charge < -0.3 is 19.3 Å². The molecular weight excluding hydrogens is 432 g/mol. The van der Waals surface area contributed by atoms with Crippen molar-refractivity contribution < 1.29 is 14.3 Å². The van der Waals surface area contributed by atoms with Crippen LogP contribution in [-0.4, -0.2) is 84.4 Å². The molecule has 0 aliphatic carbocycles. The first-order chi connectivity index (χ1) is 16.5. The van der Waals surface area contributed by atoms with Crippen LogP contribution in [0.5, 0.6) is 5.75 Å². The van der Waals surface area contributed by atoms with Gasteiger partial charge in [0.25, 0.3) is 5.91 Å². The molecule has 2 fully saturated rings. The fourth-order valence-electron chi connectivity index (χ4n) is 4.92. The number of hydrogen-bond acceptors (Lipinski definition) is 8. The van der Waals surface area contributed by atoms with E-state index in [0.717, 1.165) is 40.1 Å². The van der Waals surface area contributed by atoms with Gasteiger partial charge in [-0.2, -0.15) is 0 Å². The Morgan fingerprint density at radius 3 is 2.56 bits per heavy atom. The molecule has 9 heteroatoms. The molecule has 178 valence electrons. The second kappa shape index (κ2) is 9.13. The van der Waals surface area contributed by atoms with Gasteiger partial charge in [0, 0.05) is 49.4 Å². The molecule has 9 nitrogen and oxygen atoms in total. The number of piperidine rings is 1. The number of benzene rings is 1. The van der Waals surface area contributed by atoms with E-state index in [9.17, 15) is 4.79 Å². The molecule has 3 aliphatic rings. The van der Waals surface area contributed by atoms with Gasteiger partial charge in [-0.25, -0.2) is 9.97 Å². The Kier molecular flexibility index (Phi) is 6.03. The van der Waals surface area contributed by atoms with Gasteiger partial charge in [0.15, 0.2) is 0 Å². The summed E-state index contributed by atoms with van der Waals surface area (Å²) in [6.07, 6.45) is 1.23. The number of aliphatic imine (C=N–C) groups is 2. The molecular formula is C25H30N6O3. The minimum Gasteiger partial charge on any atom is -0.497 e. The third-order valence-electron chi connectivity index (χ3n) is 6.69. The van der Waals surface area contributed by atoms with Crippen LogP contribution >= 0.6 is 0 Å². The Hall–Kier alpha value is -3.33. The molecule has 1 amide bonds. The van der Waals surface area contributed by atoms with Gasteiger partial charge in [-0.1, -0.05) is 12.1 Å². The fraction of sp³-hybridized carbons (Fsp3) is 0.480. The number of methoxy groups -OCH3 is 1. The van der Waals surface area contributed by atoms with Crippen molar-refractivity contribution in [2.75, 3.05) is 51.5 Å². The Labute approximate surface area is 199 Å². The summed E-state index contributed by atoms with van der Waals surface area (Å²) in [7, 11) is 1.65. The lowest BCUT2D eigenvalue weighted by Gasteiger charge is -2.46. The van der Waals surface area contributed by atoms with Crippen LogP contribution in [0.1, 0.15) is 29.8 Å². The van der Waals surface area contributed by atoms with Crippen molar-refractivity contribution in [1.82, 2.24) is 14.9 Å². The molecule has 1 spiro atoms. The van der Waals surface area contributed by atoms with E-state index in [-0.39, 0.29) is 5.91 Å². The van der Waals surface area contributed by atoms with E-state index in [1.54, 1.807) is 7.11 Å². The van der Waals surface area contributed by atoms with Gasteiger partial charge in [0.2, 0.25) is 5.95 Å². The second-order valence-electron chi connectivity index (χ2n) is 8.99. The summed E-state index contributed by atoms with van der Waals surface area (Å²) in [4.78, 5) is 36.0. The number of anilines is 1. The topological polar surface area (TPSA) is 92.5 Å². The minimum atomic E-state index is -0.792. The van der Waals surface area contributed by atoms with E-state index in [0.29, 0.717) is 52.3 Å². The predicted molar refractivity (Wildman–Crippen MR) is 130 cm³/mol. The maximum absolute atomic E-state index is 13.6. The molecule has 3 aliphatic heterocycles. The molecule has 1 aromatic carbocycles. The predicted octanol–water partition coefficient (Wildman–Crippen LogP) is 2.20. The van der Waals surface area contributed by atoms with Gasteiger partial charge >= 0.3 is 0 Å². The largest absolute Gasteiger partial charge is 0.497 e. The third-order valence-corrected chi connectivity index (χ3v) is 6.69. The summed E-state index contributed by atoms with van der Waals surface area (Å²) in [6.45, 7) is 7.20.